The molecular formula is C5H16NO5S+. The summed E-state index contributed by atoms with van der Waals surface area (Å²) in [5, 5.41) is 9.07. The Labute approximate surface area is 72.6 Å². The minimum absolute atomic E-state index is 0.139. The van der Waals surface area contributed by atoms with Crippen molar-refractivity contribution in [1.82, 2.24) is 0 Å². The number of rotatable bonds is 2. The first-order chi connectivity index (χ1) is 5.12. The highest BCUT2D eigenvalue weighted by Gasteiger charge is 2.09. The van der Waals surface area contributed by atoms with Gasteiger partial charge in [0, 0.05) is 0 Å². The van der Waals surface area contributed by atoms with Gasteiger partial charge in [0.2, 0.25) is 0 Å². The molecule has 0 saturated carbocycles. The van der Waals surface area contributed by atoms with E-state index in [1.165, 1.54) is 0 Å². The van der Waals surface area contributed by atoms with Gasteiger partial charge in [-0.15, -0.1) is 0 Å². The van der Waals surface area contributed by atoms with Gasteiger partial charge in [-0.1, -0.05) is 0 Å². The van der Waals surface area contributed by atoms with E-state index >= 15 is 0 Å². The molecule has 0 unspecified atom stereocenters. The molecule has 0 spiro atoms. The zero-order valence-corrected chi connectivity index (χ0v) is 8.24. The maximum atomic E-state index is 9.07. The molecule has 0 aliphatic rings. The molecule has 0 fully saturated rings. The molecule has 0 bridgehead atoms. The van der Waals surface area contributed by atoms with Gasteiger partial charge in [0.25, 0.3) is 0 Å². The van der Waals surface area contributed by atoms with Crippen molar-refractivity contribution in [2.45, 2.75) is 13.8 Å². The van der Waals surface area contributed by atoms with Crippen molar-refractivity contribution in [2.75, 3.05) is 20.1 Å². The number of nitrogens with zero attached hydrogens (tertiary/aromatic N) is 1. The lowest BCUT2D eigenvalue weighted by Crippen LogP contribution is -2.39. The second kappa shape index (κ2) is 5.44. The van der Waals surface area contributed by atoms with Crippen LogP contribution in [0.3, 0.4) is 0 Å². The highest BCUT2D eigenvalue weighted by Crippen LogP contribution is 1.90. The molecule has 0 saturated heterocycles. The predicted molar refractivity (Wildman–Crippen MR) is 43.2 cm³/mol. The van der Waals surface area contributed by atoms with Crippen LogP contribution < -0.4 is 0 Å². The Hall–Kier alpha value is -0.210. The summed E-state index contributed by atoms with van der Waals surface area (Å²) >= 11 is 0. The van der Waals surface area contributed by atoms with Crippen molar-refractivity contribution in [3.63, 3.8) is 0 Å². The van der Waals surface area contributed by atoms with Gasteiger partial charge < -0.3 is 0 Å². The molecule has 0 aromatic carbocycles. The van der Waals surface area contributed by atoms with Crippen LogP contribution in [0.15, 0.2) is 0 Å². The molecule has 3 N–H and O–H groups in total. The molecule has 12 heavy (non-hydrogen) atoms. The smallest absolute Gasteiger partial charge is 0.264 e. The predicted octanol–water partition coefficient (Wildman–Crippen LogP) is 0.209. The van der Waals surface area contributed by atoms with Crippen LogP contribution in [0.4, 0.5) is 0 Å². The van der Waals surface area contributed by atoms with E-state index in [-0.39, 0.29) is 4.65 Å². The first-order valence-corrected chi connectivity index (χ1v) is 4.79. The lowest BCUT2D eigenvalue weighted by Gasteiger charge is -2.20. The van der Waals surface area contributed by atoms with Crippen molar-refractivity contribution < 1.29 is 27.4 Å². The summed E-state index contributed by atoms with van der Waals surface area (Å²) in [6.45, 7) is 5.50. The molecule has 6 nitrogen and oxygen atoms in total. The Kier molecular flexibility index (Phi) is 6.49. The summed E-state index contributed by atoms with van der Waals surface area (Å²) < 4.78 is 31.7. The lowest BCUT2D eigenvalue weighted by atomic mass is 10.6. The molecule has 76 valence electrons. The average molecular weight is 202 g/mol. The third-order valence-electron chi connectivity index (χ3n) is 1.36. The zero-order valence-electron chi connectivity index (χ0n) is 7.43. The fraction of sp³-hybridized carbons (Fsp3) is 1.00. The van der Waals surface area contributed by atoms with Crippen molar-refractivity contribution in [3.8, 4) is 0 Å². The van der Waals surface area contributed by atoms with E-state index in [4.69, 9.17) is 22.7 Å². The van der Waals surface area contributed by atoms with Crippen LogP contribution in [0.5, 0.6) is 0 Å². The van der Waals surface area contributed by atoms with Gasteiger partial charge in [0.1, 0.15) is 13.1 Å². The molecule has 0 aromatic rings. The van der Waals surface area contributed by atoms with E-state index in [9.17, 15) is 0 Å². The first kappa shape index (κ1) is 14.3. The van der Waals surface area contributed by atoms with Crippen LogP contribution in [-0.2, 0) is 10.4 Å². The van der Waals surface area contributed by atoms with E-state index in [0.717, 1.165) is 13.1 Å². The third-order valence-corrected chi connectivity index (χ3v) is 1.36. The average Bonchev–Trinajstić information content (AvgIpc) is 1.85. The van der Waals surface area contributed by atoms with Crippen LogP contribution in [0.25, 0.3) is 0 Å². The molecule has 0 amide bonds. The van der Waals surface area contributed by atoms with Gasteiger partial charge in [0.15, 0.2) is 0 Å². The van der Waals surface area contributed by atoms with Crippen LogP contribution >= 0.6 is 0 Å². The largest absolute Gasteiger partial charge is 0.394 e. The normalized spacial score (nSPS) is 11.8. The highest BCUT2D eigenvalue weighted by atomic mass is 32.3. The molecule has 0 radical (unpaired) electrons. The molecule has 0 aromatic heterocycles. The molecular weight excluding hydrogens is 186 g/mol. The summed E-state index contributed by atoms with van der Waals surface area (Å²) in [4.78, 5) is 0. The molecule has 0 heterocycles. The van der Waals surface area contributed by atoms with Crippen molar-refractivity contribution >= 4 is 10.4 Å². The fourth-order valence-corrected chi connectivity index (χ4v) is 0.224. The highest BCUT2D eigenvalue weighted by molar-refractivity contribution is 7.79. The second-order valence-electron chi connectivity index (χ2n) is 2.42. The van der Waals surface area contributed by atoms with Gasteiger partial charge in [-0.25, -0.2) is 5.21 Å². The first-order valence-electron chi connectivity index (χ1n) is 3.39. The third kappa shape index (κ3) is 22.6. The van der Waals surface area contributed by atoms with E-state index in [1.807, 2.05) is 13.8 Å². The number of hydroxylamine groups is 3. The number of hydrogen-bond donors (Lipinski definition) is 3. The van der Waals surface area contributed by atoms with E-state index in [1.54, 1.807) is 7.05 Å². The summed E-state index contributed by atoms with van der Waals surface area (Å²) in [7, 11) is -2.87. The Morgan fingerprint density at radius 2 is 1.33 bits per heavy atom. The quantitative estimate of drug-likeness (QED) is 0.338. The van der Waals surface area contributed by atoms with Gasteiger partial charge in [-0.05, 0) is 13.8 Å². The van der Waals surface area contributed by atoms with E-state index in [0.29, 0.717) is 0 Å². The minimum atomic E-state index is -4.67. The Bertz CT molecular complexity index is 184. The lowest BCUT2D eigenvalue weighted by molar-refractivity contribution is -1.08. The van der Waals surface area contributed by atoms with Gasteiger partial charge in [-0.2, -0.15) is 13.1 Å². The second-order valence-corrected chi connectivity index (χ2v) is 3.31. The van der Waals surface area contributed by atoms with Crippen LogP contribution in [0, 0.1) is 0 Å². The number of hydrogen-bond acceptors (Lipinski definition) is 3. The standard InChI is InChI=1S/C5H14NO.H2O4S/c1-4-6(3,7)5-2;1-5(2,3)4/h7H,4-5H2,1-3H3;(H2,1,2,3,4)/q+1;. The summed E-state index contributed by atoms with van der Waals surface area (Å²) in [5.41, 5.74) is 0. The summed E-state index contributed by atoms with van der Waals surface area (Å²) in [6, 6.07) is 0. The summed E-state index contributed by atoms with van der Waals surface area (Å²) in [5.74, 6) is 0. The topological polar surface area (TPSA) is 94.8 Å². The van der Waals surface area contributed by atoms with Crippen molar-refractivity contribution in [1.29, 1.82) is 0 Å². The van der Waals surface area contributed by atoms with Gasteiger partial charge in [-0.3, -0.25) is 9.11 Å². The zero-order chi connectivity index (χ0) is 10.4. The van der Waals surface area contributed by atoms with Crippen LogP contribution in [0.2, 0.25) is 0 Å². The SMILES string of the molecule is CC[N+](C)(O)CC.O=S(=O)(O)O. The molecule has 0 aliphatic heterocycles. The maximum absolute atomic E-state index is 9.07. The monoisotopic (exact) mass is 202 g/mol. The van der Waals surface area contributed by atoms with Crippen LogP contribution in [0.1, 0.15) is 13.8 Å². The van der Waals surface area contributed by atoms with Gasteiger partial charge in [0.05, 0.1) is 7.05 Å². The Morgan fingerprint density at radius 3 is 1.33 bits per heavy atom. The fourth-order valence-electron chi connectivity index (χ4n) is 0.224. The van der Waals surface area contributed by atoms with Gasteiger partial charge >= 0.3 is 10.4 Å². The minimum Gasteiger partial charge on any atom is -0.264 e. The maximum Gasteiger partial charge on any atom is 0.394 e. The van der Waals surface area contributed by atoms with E-state index in [2.05, 4.69) is 0 Å². The molecule has 0 aliphatic carbocycles. The number of quaternary nitrogens is 1. The van der Waals surface area contributed by atoms with Crippen molar-refractivity contribution in [2.24, 2.45) is 0 Å². The summed E-state index contributed by atoms with van der Waals surface area (Å²) in [6.07, 6.45) is 0. The Balaban J connectivity index is 0. The molecule has 0 rings (SSSR count). The van der Waals surface area contributed by atoms with E-state index < -0.39 is 10.4 Å². The molecule has 7 heteroatoms. The van der Waals surface area contributed by atoms with Crippen LogP contribution in [-0.4, -0.2) is 47.5 Å². The van der Waals surface area contributed by atoms with Crippen molar-refractivity contribution in [3.05, 3.63) is 0 Å². The Morgan fingerprint density at radius 1 is 1.17 bits per heavy atom. The molecule has 0 atom stereocenters.